The minimum Gasteiger partial charge on any atom is -0.463 e. The smallest absolute Gasteiger partial charge is 0.318 e. The summed E-state index contributed by atoms with van der Waals surface area (Å²) in [5, 5.41) is 0. The Morgan fingerprint density at radius 2 is 1.78 bits per heavy atom. The summed E-state index contributed by atoms with van der Waals surface area (Å²) in [6.07, 6.45) is 9.13. The molecular weight excluding hydrogens is 514 g/mol. The molecule has 3 aliphatic rings. The number of nitrogens with zero attached hydrogens (tertiary/aromatic N) is 7. The fourth-order valence-electron chi connectivity index (χ4n) is 6.34. The Bertz CT molecular complexity index is 1270. The molecule has 5 rings (SSSR count). The summed E-state index contributed by atoms with van der Waals surface area (Å²) < 4.78 is 6.22. The summed E-state index contributed by atoms with van der Waals surface area (Å²) in [5.41, 5.74) is 7.07. The standard InChI is InChI=1S/C32H45N7O2.H2/c1-5-29(40)37-17-19-38(20-18-37)31-26-12-16-39(30-25(3)11-10-24(2)27(30)22-33-4)23-28(26)34-32(35-31)41-21-9-15-36-13-7-6-8-14-36;/h5,10-11,22H,1,6-9,12-21,23H2,2-4H3;1H. The molecule has 2 fully saturated rings. The van der Waals surface area contributed by atoms with Gasteiger partial charge in [0.25, 0.3) is 0 Å². The van der Waals surface area contributed by atoms with Crippen LogP contribution in [-0.2, 0) is 17.8 Å². The second-order valence-electron chi connectivity index (χ2n) is 11.4. The lowest BCUT2D eigenvalue weighted by Gasteiger charge is -2.38. The second-order valence-corrected chi connectivity index (χ2v) is 11.4. The zero-order valence-corrected chi connectivity index (χ0v) is 25.1. The van der Waals surface area contributed by atoms with Crippen LogP contribution < -0.4 is 14.5 Å². The predicted molar refractivity (Wildman–Crippen MR) is 168 cm³/mol. The molecule has 9 heteroatoms. The van der Waals surface area contributed by atoms with Crippen molar-refractivity contribution in [2.75, 3.05) is 75.8 Å². The monoisotopic (exact) mass is 561 g/mol. The topological polar surface area (TPSA) is 77.4 Å². The van der Waals surface area contributed by atoms with Gasteiger partial charge < -0.3 is 24.3 Å². The Morgan fingerprint density at radius 3 is 2.51 bits per heavy atom. The highest BCUT2D eigenvalue weighted by Crippen LogP contribution is 2.34. The number of benzene rings is 1. The number of hydrogen-bond donors (Lipinski definition) is 0. The third-order valence-corrected chi connectivity index (χ3v) is 8.60. The molecule has 2 saturated heterocycles. The minimum atomic E-state index is -0.0114. The van der Waals surface area contributed by atoms with E-state index in [9.17, 15) is 4.79 Å². The van der Waals surface area contributed by atoms with Crippen molar-refractivity contribution in [3.8, 4) is 6.01 Å². The van der Waals surface area contributed by atoms with Crippen molar-refractivity contribution < 1.29 is 11.0 Å². The number of likely N-dealkylation sites (tertiary alicyclic amines) is 1. The van der Waals surface area contributed by atoms with Crippen molar-refractivity contribution in [3.05, 3.63) is 52.7 Å². The number of carbonyl (C=O) groups excluding carboxylic acids is 1. The molecule has 0 radical (unpaired) electrons. The number of aryl methyl sites for hydroxylation is 2. The summed E-state index contributed by atoms with van der Waals surface area (Å²) >= 11 is 0. The highest BCUT2D eigenvalue weighted by molar-refractivity contribution is 5.91. The number of carbonyl (C=O) groups is 1. The number of hydrogen-bond acceptors (Lipinski definition) is 8. The van der Waals surface area contributed by atoms with Crippen LogP contribution in [0, 0.1) is 13.8 Å². The van der Waals surface area contributed by atoms with Crippen LogP contribution in [0.5, 0.6) is 6.01 Å². The zero-order chi connectivity index (χ0) is 28.8. The highest BCUT2D eigenvalue weighted by atomic mass is 16.5. The van der Waals surface area contributed by atoms with Gasteiger partial charge in [-0.15, -0.1) is 0 Å². The number of amides is 1. The van der Waals surface area contributed by atoms with Gasteiger partial charge in [0.2, 0.25) is 5.91 Å². The first-order chi connectivity index (χ1) is 20.0. The van der Waals surface area contributed by atoms with Gasteiger partial charge >= 0.3 is 6.01 Å². The first kappa shape index (κ1) is 29.0. The number of fused-ring (bicyclic) bond motifs is 1. The lowest BCUT2D eigenvalue weighted by atomic mass is 9.98. The quantitative estimate of drug-likeness (QED) is 0.260. The van der Waals surface area contributed by atoms with Gasteiger partial charge in [-0.2, -0.15) is 9.97 Å². The fraction of sp³-hybridized carbons (Fsp3) is 0.562. The number of ether oxygens (including phenoxy) is 1. The third kappa shape index (κ3) is 6.72. The molecule has 2 aromatic rings. The molecule has 0 N–H and O–H groups in total. The van der Waals surface area contributed by atoms with E-state index in [4.69, 9.17) is 14.7 Å². The van der Waals surface area contributed by atoms with Crippen molar-refractivity contribution in [2.24, 2.45) is 4.99 Å². The molecule has 9 nitrogen and oxygen atoms in total. The second kappa shape index (κ2) is 13.5. The molecule has 3 aliphatic heterocycles. The Hall–Kier alpha value is -3.46. The molecule has 1 aromatic heterocycles. The number of anilines is 2. The molecule has 0 saturated carbocycles. The van der Waals surface area contributed by atoms with Crippen LogP contribution in [0.3, 0.4) is 0 Å². The molecular formula is C32H47N7O2. The van der Waals surface area contributed by atoms with Crippen molar-refractivity contribution in [1.29, 1.82) is 0 Å². The van der Waals surface area contributed by atoms with Crippen molar-refractivity contribution in [3.63, 3.8) is 0 Å². The molecule has 0 spiro atoms. The number of piperidine rings is 1. The lowest BCUT2D eigenvalue weighted by molar-refractivity contribution is -0.126. The van der Waals surface area contributed by atoms with Gasteiger partial charge in [0, 0.05) is 70.8 Å². The van der Waals surface area contributed by atoms with Crippen LogP contribution in [0.15, 0.2) is 29.8 Å². The van der Waals surface area contributed by atoms with Crippen LogP contribution in [0.4, 0.5) is 11.5 Å². The van der Waals surface area contributed by atoms with Crippen molar-refractivity contribution in [2.45, 2.75) is 52.5 Å². The normalized spacial score (nSPS) is 18.1. The first-order valence-corrected chi connectivity index (χ1v) is 15.2. The lowest BCUT2D eigenvalue weighted by Crippen LogP contribution is -2.49. The van der Waals surface area contributed by atoms with E-state index < -0.39 is 0 Å². The maximum atomic E-state index is 12.2. The van der Waals surface area contributed by atoms with Gasteiger partial charge in [0.15, 0.2) is 0 Å². The Kier molecular flexibility index (Phi) is 9.54. The predicted octanol–water partition coefficient (Wildman–Crippen LogP) is 4.04. The van der Waals surface area contributed by atoms with Crippen LogP contribution in [0.25, 0.3) is 0 Å². The van der Waals surface area contributed by atoms with E-state index in [0.717, 1.165) is 50.5 Å². The van der Waals surface area contributed by atoms with Gasteiger partial charge in [0.1, 0.15) is 5.82 Å². The molecule has 0 aliphatic carbocycles. The van der Waals surface area contributed by atoms with Crippen molar-refractivity contribution >= 4 is 23.6 Å². The minimum absolute atomic E-state index is 0. The zero-order valence-electron chi connectivity index (χ0n) is 25.1. The maximum absolute atomic E-state index is 12.2. The van der Waals surface area contributed by atoms with Gasteiger partial charge in [-0.1, -0.05) is 25.1 Å². The number of aliphatic imine (C=N–C) groups is 1. The summed E-state index contributed by atoms with van der Waals surface area (Å²) in [7, 11) is 1.83. The van der Waals surface area contributed by atoms with E-state index in [1.165, 1.54) is 66.4 Å². The number of piperazine rings is 1. The molecule has 4 heterocycles. The molecule has 0 atom stereocenters. The summed E-state index contributed by atoms with van der Waals surface area (Å²) in [6.45, 7) is 16.4. The highest BCUT2D eigenvalue weighted by Gasteiger charge is 2.29. The van der Waals surface area contributed by atoms with E-state index >= 15 is 0 Å². The first-order valence-electron chi connectivity index (χ1n) is 15.2. The number of rotatable bonds is 9. The SMILES string of the molecule is C=CC(=O)N1CCN(c2nc(OCCCN3CCCCC3)nc3c2CCN(c2c(C)ccc(C)c2C=NC)C3)CC1.[HH]. The summed E-state index contributed by atoms with van der Waals surface area (Å²) in [6, 6.07) is 4.82. The number of aromatic nitrogens is 2. The van der Waals surface area contributed by atoms with Crippen LogP contribution in [0.2, 0.25) is 0 Å². The largest absolute Gasteiger partial charge is 0.463 e. The van der Waals surface area contributed by atoms with E-state index in [0.29, 0.717) is 32.3 Å². The molecule has 41 heavy (non-hydrogen) atoms. The summed E-state index contributed by atoms with van der Waals surface area (Å²) in [4.78, 5) is 35.6. The average Bonchev–Trinajstić information content (AvgIpc) is 3.01. The average molecular weight is 562 g/mol. The van der Waals surface area contributed by atoms with Crippen molar-refractivity contribution in [1.82, 2.24) is 19.8 Å². The Balaban J connectivity index is 0.00000405. The van der Waals surface area contributed by atoms with Crippen LogP contribution >= 0.6 is 0 Å². The van der Waals surface area contributed by atoms with E-state index in [1.54, 1.807) is 0 Å². The fourth-order valence-corrected chi connectivity index (χ4v) is 6.34. The third-order valence-electron chi connectivity index (χ3n) is 8.60. The van der Waals surface area contributed by atoms with Crippen LogP contribution in [0.1, 0.15) is 55.1 Å². The molecule has 222 valence electrons. The Labute approximate surface area is 246 Å². The molecule has 0 bridgehead atoms. The molecule has 1 amide bonds. The maximum Gasteiger partial charge on any atom is 0.318 e. The molecule has 0 unspecified atom stereocenters. The Morgan fingerprint density at radius 1 is 1.02 bits per heavy atom. The van der Waals surface area contributed by atoms with Gasteiger partial charge in [-0.05, 0) is 69.8 Å². The van der Waals surface area contributed by atoms with E-state index in [-0.39, 0.29) is 7.33 Å². The van der Waals surface area contributed by atoms with Gasteiger partial charge in [-0.3, -0.25) is 9.79 Å². The summed E-state index contributed by atoms with van der Waals surface area (Å²) in [5.74, 6) is 0.949. The van der Waals surface area contributed by atoms with E-state index in [2.05, 4.69) is 52.3 Å². The van der Waals surface area contributed by atoms with Crippen LogP contribution in [-0.4, -0.2) is 97.9 Å². The molecule has 1 aromatic carbocycles. The van der Waals surface area contributed by atoms with Gasteiger partial charge in [-0.25, -0.2) is 0 Å². The van der Waals surface area contributed by atoms with Gasteiger partial charge in [0.05, 0.1) is 18.8 Å². The van der Waals surface area contributed by atoms with E-state index in [1.807, 2.05) is 18.2 Å².